The number of aromatic hydroxyl groups is 1. The number of nitrogens with zero attached hydrogens (tertiary/aromatic N) is 3. The van der Waals surface area contributed by atoms with Crippen molar-refractivity contribution in [3.63, 3.8) is 0 Å². The van der Waals surface area contributed by atoms with Crippen molar-refractivity contribution in [1.82, 2.24) is 36.4 Å². The number of aliphatic imine (C=N–C) groups is 1. The molecule has 2 aromatic rings. The Bertz CT molecular complexity index is 2240. The smallest absolute Gasteiger partial charge is 0.252 e. The van der Waals surface area contributed by atoms with Crippen LogP contribution in [0, 0.1) is 0 Å². The van der Waals surface area contributed by atoms with Crippen LogP contribution in [0.3, 0.4) is 0 Å². The maximum Gasteiger partial charge on any atom is 0.252 e. The van der Waals surface area contributed by atoms with Gasteiger partial charge in [0.1, 0.15) is 42.1 Å². The highest BCUT2D eigenvalue weighted by Gasteiger charge is 2.45. The van der Waals surface area contributed by atoms with E-state index >= 15 is 0 Å². The van der Waals surface area contributed by atoms with Crippen molar-refractivity contribution in [2.24, 2.45) is 27.9 Å². The second-order valence-corrected chi connectivity index (χ2v) is 19.7. The molecule has 2 bridgehead atoms. The third-order valence-corrected chi connectivity index (χ3v) is 14.2. The van der Waals surface area contributed by atoms with Crippen LogP contribution in [-0.2, 0) is 60.7 Å². The molecule has 8 atom stereocenters. The summed E-state index contributed by atoms with van der Waals surface area (Å²) >= 11 is 0. The van der Waals surface area contributed by atoms with Gasteiger partial charge < -0.3 is 69.2 Å². The van der Waals surface area contributed by atoms with Crippen LogP contribution >= 0.6 is 21.6 Å². The predicted molar refractivity (Wildman–Crippen MR) is 260 cm³/mol. The quantitative estimate of drug-likeness (QED) is 0.0357. The molecule has 0 radical (unpaired) electrons. The molecule has 14 N–H and O–H groups in total. The fourth-order valence-corrected chi connectivity index (χ4v) is 10.4. The Hall–Kier alpha value is -6.60. The van der Waals surface area contributed by atoms with E-state index in [-0.39, 0.29) is 81.4 Å². The molecule has 25 heteroatoms. The van der Waals surface area contributed by atoms with Gasteiger partial charge in [0.05, 0.1) is 25.1 Å². The summed E-state index contributed by atoms with van der Waals surface area (Å²) in [6.45, 7) is 0.894. The van der Waals surface area contributed by atoms with Crippen molar-refractivity contribution in [3.05, 3.63) is 65.7 Å². The Balaban J connectivity index is 1.45. The molecule has 0 aromatic heterocycles. The number of carbonyl (C=O) groups is 9. The van der Waals surface area contributed by atoms with E-state index in [0.717, 1.165) is 21.3 Å². The highest BCUT2D eigenvalue weighted by atomic mass is 33.1. The van der Waals surface area contributed by atoms with Gasteiger partial charge in [-0.25, -0.2) is 0 Å². The Morgan fingerprint density at radius 1 is 0.900 bits per heavy atom. The zero-order valence-electron chi connectivity index (χ0n) is 38.7. The molecule has 1 unspecified atom stereocenters. The third-order valence-electron chi connectivity index (χ3n) is 11.8. The number of benzene rings is 2. The van der Waals surface area contributed by atoms with Crippen molar-refractivity contribution in [3.8, 4) is 5.75 Å². The maximum absolute atomic E-state index is 14.6. The van der Waals surface area contributed by atoms with Crippen LogP contribution in [0.2, 0.25) is 0 Å². The average Bonchev–Trinajstić information content (AvgIpc) is 3.82. The molecule has 3 fully saturated rings. The molecular weight excluding hydrogens is 949 g/mol. The monoisotopic (exact) mass is 1010 g/mol. The number of amides is 9. The number of morpholine rings is 1. The van der Waals surface area contributed by atoms with Crippen LogP contribution in [0.1, 0.15) is 56.6 Å². The summed E-state index contributed by atoms with van der Waals surface area (Å²) in [5.41, 5.74) is 23.2. The first-order chi connectivity index (χ1) is 33.4. The minimum atomic E-state index is -1.54. The fraction of sp³-hybridized carbons (Fsp3) is 0.511. The van der Waals surface area contributed by atoms with E-state index in [4.69, 9.17) is 27.7 Å². The molecule has 5 rings (SSSR count). The fourth-order valence-electron chi connectivity index (χ4n) is 8.28. The molecule has 70 heavy (non-hydrogen) atoms. The minimum Gasteiger partial charge on any atom is -0.508 e. The first-order valence-electron chi connectivity index (χ1n) is 22.8. The molecule has 9 amide bonds. The van der Waals surface area contributed by atoms with E-state index in [1.54, 1.807) is 12.1 Å². The molecule has 0 spiro atoms. The molecule has 3 heterocycles. The number of nitrogens with one attached hydrogen (secondary N) is 5. The number of ether oxygens (including phenoxy) is 1. The predicted octanol–water partition coefficient (Wildman–Crippen LogP) is -2.59. The van der Waals surface area contributed by atoms with Crippen LogP contribution in [-0.4, -0.2) is 160 Å². The summed E-state index contributed by atoms with van der Waals surface area (Å²) in [6.07, 6.45) is -1.75. The van der Waals surface area contributed by atoms with Gasteiger partial charge in [-0.1, -0.05) is 64.1 Å². The summed E-state index contributed by atoms with van der Waals surface area (Å²) in [4.78, 5) is 129. The van der Waals surface area contributed by atoms with E-state index in [0.29, 0.717) is 12.0 Å². The van der Waals surface area contributed by atoms with Crippen molar-refractivity contribution in [2.75, 3.05) is 37.7 Å². The SMILES string of the molecule is C[C@@H]1O[C@H]2CN(C1=O)[C@@H](CC(N)=O)C(=O)N[C@H](C(=O)N1CCC[C@H]1C(=O)NC(CCCN=C(N)N)C(=O)NCC(N)=O)CSSCCC(=O)N[C@@H](Cc1ccc(O)cc1)C(=O)N[C@H]2Cc1ccccc1. The number of likely N-dealkylation sites (tertiary alicyclic amines) is 1. The van der Waals surface area contributed by atoms with Crippen molar-refractivity contribution in [1.29, 1.82) is 0 Å². The second kappa shape index (κ2) is 26.4. The number of hydrogen-bond donors (Lipinski definition) is 10. The number of rotatable bonds is 16. The topological polar surface area (TPSA) is 366 Å². The lowest BCUT2D eigenvalue weighted by molar-refractivity contribution is -0.170. The van der Waals surface area contributed by atoms with Gasteiger partial charge in [0.15, 0.2) is 5.96 Å². The van der Waals surface area contributed by atoms with Crippen molar-refractivity contribution < 1.29 is 53.0 Å². The van der Waals surface area contributed by atoms with Crippen molar-refractivity contribution in [2.45, 2.75) is 107 Å². The average molecular weight is 1010 g/mol. The van der Waals surface area contributed by atoms with E-state index in [2.05, 4.69) is 31.6 Å². The minimum absolute atomic E-state index is 0.0160. The van der Waals surface area contributed by atoms with Gasteiger partial charge in [-0.15, -0.1) is 0 Å². The van der Waals surface area contributed by atoms with Gasteiger partial charge in [-0.05, 0) is 62.3 Å². The molecule has 3 saturated heterocycles. The van der Waals surface area contributed by atoms with Crippen molar-refractivity contribution >= 4 is 80.7 Å². The molecule has 2 aromatic carbocycles. The second-order valence-electron chi connectivity index (χ2n) is 17.1. The highest BCUT2D eigenvalue weighted by molar-refractivity contribution is 8.76. The van der Waals surface area contributed by atoms with Gasteiger partial charge in [-0.3, -0.25) is 48.1 Å². The van der Waals surface area contributed by atoms with E-state index < -0.39 is 115 Å². The molecule has 3 aliphatic heterocycles. The largest absolute Gasteiger partial charge is 0.508 e. The summed E-state index contributed by atoms with van der Waals surface area (Å²) in [7, 11) is 2.35. The van der Waals surface area contributed by atoms with Crippen LogP contribution < -0.4 is 49.5 Å². The first kappa shape index (κ1) is 54.3. The number of primary amides is 2. The van der Waals surface area contributed by atoms with Gasteiger partial charge in [0, 0.05) is 44.0 Å². The number of guanidine groups is 1. The Kier molecular flexibility index (Phi) is 20.5. The van der Waals surface area contributed by atoms with E-state index in [1.165, 1.54) is 34.8 Å². The number of nitrogens with two attached hydrogens (primary N) is 4. The summed E-state index contributed by atoms with van der Waals surface area (Å²) in [5.74, 6) is -6.42. The lowest BCUT2D eigenvalue weighted by Crippen LogP contribution is -2.65. The molecule has 380 valence electrons. The third kappa shape index (κ3) is 16.3. The Labute approximate surface area is 412 Å². The van der Waals surface area contributed by atoms with Gasteiger partial charge in [0.2, 0.25) is 47.3 Å². The Morgan fingerprint density at radius 2 is 1.61 bits per heavy atom. The number of phenolic OH excluding ortho intramolecular Hbond substituents is 1. The van der Waals surface area contributed by atoms with Gasteiger partial charge in [0.25, 0.3) is 5.91 Å². The zero-order valence-corrected chi connectivity index (χ0v) is 40.3. The van der Waals surface area contributed by atoms with Gasteiger partial charge in [-0.2, -0.15) is 0 Å². The summed E-state index contributed by atoms with van der Waals surface area (Å²) in [5, 5.41) is 23.6. The van der Waals surface area contributed by atoms with Crippen LogP contribution in [0.15, 0.2) is 59.6 Å². The van der Waals surface area contributed by atoms with Crippen LogP contribution in [0.25, 0.3) is 0 Å². The van der Waals surface area contributed by atoms with Gasteiger partial charge >= 0.3 is 0 Å². The maximum atomic E-state index is 14.6. The summed E-state index contributed by atoms with van der Waals surface area (Å²) in [6, 6.07) is 8.19. The molecule has 23 nitrogen and oxygen atoms in total. The molecular formula is C45H62N12O11S2. The molecule has 0 saturated carbocycles. The number of phenols is 1. The molecule has 0 aliphatic carbocycles. The lowest BCUT2D eigenvalue weighted by atomic mass is 9.96. The normalized spacial score (nSPS) is 24.1. The van der Waals surface area contributed by atoms with E-state index in [9.17, 15) is 48.3 Å². The summed E-state index contributed by atoms with van der Waals surface area (Å²) < 4.78 is 6.25. The number of fused-ring (bicyclic) bond motifs is 2. The van der Waals surface area contributed by atoms with E-state index in [1.807, 2.05) is 30.3 Å². The lowest BCUT2D eigenvalue weighted by Gasteiger charge is -2.43. The van der Waals surface area contributed by atoms with Crippen LogP contribution in [0.4, 0.5) is 0 Å². The number of carbonyl (C=O) groups excluding carboxylic acids is 9. The Morgan fingerprint density at radius 3 is 2.30 bits per heavy atom. The zero-order chi connectivity index (χ0) is 50.9. The highest BCUT2D eigenvalue weighted by Crippen LogP contribution is 2.27. The van der Waals surface area contributed by atoms with Crippen LogP contribution in [0.5, 0.6) is 5.75 Å². The standard InChI is InChI=1S/C45H62N12O11S2/c1-25-43(66)57-23-35(68-25)30(19-26-7-3-2-4-8-26)54-40(63)31(20-27-11-13-28(58)14-12-27)52-38(61)15-18-69-70-24-32(55-42(65)34(57)21-36(46)59)44(67)56-17-6-10-33(56)41(64)53-29(9-5-16-50-45(48)49)39(62)51-22-37(47)60/h2-4,7-8,11-14,25,29-35,58H,5-6,9-10,15-24H2,1H3,(H2,46,59)(H2,47,60)(H,51,62)(H,52,61)(H,53,64)(H,54,63)(H,55,65)(H4,48,49,50)/t25-,29?,30-,31-,32-,33-,34-,35-/m0/s1. The first-order valence-corrected chi connectivity index (χ1v) is 25.3. The number of hydrogen-bond acceptors (Lipinski definition) is 14. The molecule has 3 aliphatic rings.